The second-order valence-corrected chi connectivity index (χ2v) is 4.27. The molecule has 1 amide bonds. The number of halogens is 3. The van der Waals surface area contributed by atoms with E-state index in [-0.39, 0.29) is 11.6 Å². The van der Waals surface area contributed by atoms with Crippen LogP contribution in [0.4, 0.5) is 19.0 Å². The third-order valence-corrected chi connectivity index (χ3v) is 2.68. The average molecular weight is 313 g/mol. The predicted octanol–water partition coefficient (Wildman–Crippen LogP) is 1.61. The topological polar surface area (TPSA) is 84.2 Å². The second kappa shape index (κ2) is 5.88. The van der Waals surface area contributed by atoms with Crippen LogP contribution in [0.2, 0.25) is 0 Å². The lowest BCUT2D eigenvalue weighted by Gasteiger charge is -2.10. The lowest BCUT2D eigenvalue weighted by molar-refractivity contribution is -0.139. The summed E-state index contributed by atoms with van der Waals surface area (Å²) in [6.45, 7) is -0.640. The minimum absolute atomic E-state index is 0.146. The van der Waals surface area contributed by atoms with Gasteiger partial charge in [-0.3, -0.25) is 9.59 Å². The predicted molar refractivity (Wildman–Crippen MR) is 70.2 cm³/mol. The molecule has 0 bridgehead atoms. The molecule has 2 aromatic rings. The fourth-order valence-corrected chi connectivity index (χ4v) is 1.70. The van der Waals surface area contributed by atoms with Crippen LogP contribution in [-0.4, -0.2) is 20.6 Å². The van der Waals surface area contributed by atoms with Gasteiger partial charge < -0.3 is 15.0 Å². The van der Waals surface area contributed by atoms with Crippen molar-refractivity contribution in [1.29, 1.82) is 0 Å². The van der Waals surface area contributed by atoms with Crippen LogP contribution >= 0.6 is 0 Å². The van der Waals surface area contributed by atoms with Gasteiger partial charge in [0.1, 0.15) is 12.1 Å². The second-order valence-electron chi connectivity index (χ2n) is 4.27. The number of nitrogens with zero attached hydrogens (tertiary/aromatic N) is 2. The molecule has 0 aliphatic rings. The standard InChI is InChI=1S/C13H10F3N3O3/c14-13(15,16)8-3-2-6-19(12(8)22)7-10(21)18-11-9(20)4-1-5-17-11/h1-6,20H,7H2,(H,17,18,21). The van der Waals surface area contributed by atoms with Crippen molar-refractivity contribution >= 4 is 11.7 Å². The minimum atomic E-state index is -4.80. The molecule has 6 nitrogen and oxygen atoms in total. The monoisotopic (exact) mass is 313 g/mol. The van der Waals surface area contributed by atoms with Crippen molar-refractivity contribution in [2.45, 2.75) is 12.7 Å². The first-order chi connectivity index (χ1) is 10.3. The first-order valence-electron chi connectivity index (χ1n) is 5.99. The maximum absolute atomic E-state index is 12.6. The molecular weight excluding hydrogens is 303 g/mol. The number of pyridine rings is 2. The van der Waals surface area contributed by atoms with Gasteiger partial charge in [-0.1, -0.05) is 0 Å². The van der Waals surface area contributed by atoms with E-state index in [9.17, 15) is 27.9 Å². The molecule has 0 atom stereocenters. The maximum atomic E-state index is 12.6. The Hall–Kier alpha value is -2.84. The molecule has 22 heavy (non-hydrogen) atoms. The summed E-state index contributed by atoms with van der Waals surface area (Å²) in [4.78, 5) is 27.1. The van der Waals surface area contributed by atoms with E-state index in [0.29, 0.717) is 10.6 Å². The van der Waals surface area contributed by atoms with E-state index >= 15 is 0 Å². The number of rotatable bonds is 3. The Morgan fingerprint density at radius 3 is 2.68 bits per heavy atom. The van der Waals surface area contributed by atoms with E-state index < -0.39 is 29.8 Å². The average Bonchev–Trinajstić information content (AvgIpc) is 2.42. The molecule has 0 saturated carbocycles. The number of hydrogen-bond acceptors (Lipinski definition) is 4. The largest absolute Gasteiger partial charge is 0.504 e. The lowest BCUT2D eigenvalue weighted by atomic mass is 10.2. The molecule has 0 saturated heterocycles. The molecule has 0 aliphatic carbocycles. The Kier molecular flexibility index (Phi) is 4.15. The van der Waals surface area contributed by atoms with E-state index in [1.807, 2.05) is 0 Å². The van der Waals surface area contributed by atoms with Gasteiger partial charge in [-0.15, -0.1) is 0 Å². The molecule has 0 aliphatic heterocycles. The van der Waals surface area contributed by atoms with Gasteiger partial charge in [0, 0.05) is 12.4 Å². The summed E-state index contributed by atoms with van der Waals surface area (Å²) >= 11 is 0. The Bertz CT molecular complexity index is 756. The number of hydrogen-bond donors (Lipinski definition) is 2. The summed E-state index contributed by atoms with van der Waals surface area (Å²) in [6.07, 6.45) is -2.42. The van der Waals surface area contributed by atoms with Crippen LogP contribution in [0.1, 0.15) is 5.56 Å². The minimum Gasteiger partial charge on any atom is -0.504 e. The first kappa shape index (κ1) is 15.5. The van der Waals surface area contributed by atoms with Crippen molar-refractivity contribution in [2.75, 3.05) is 5.32 Å². The fourth-order valence-electron chi connectivity index (χ4n) is 1.70. The molecular formula is C13H10F3N3O3. The molecule has 0 aromatic carbocycles. The van der Waals surface area contributed by atoms with Crippen LogP contribution in [-0.2, 0) is 17.5 Å². The van der Waals surface area contributed by atoms with E-state index in [2.05, 4.69) is 10.3 Å². The molecule has 2 heterocycles. The molecule has 0 radical (unpaired) electrons. The SMILES string of the molecule is O=C(Cn1cccc(C(F)(F)F)c1=O)Nc1ncccc1O. The van der Waals surface area contributed by atoms with Crippen molar-refractivity contribution in [3.63, 3.8) is 0 Å². The van der Waals surface area contributed by atoms with E-state index in [1.165, 1.54) is 18.3 Å². The van der Waals surface area contributed by atoms with Gasteiger partial charge in [0.25, 0.3) is 5.56 Å². The molecule has 9 heteroatoms. The van der Waals surface area contributed by atoms with Gasteiger partial charge in [-0.25, -0.2) is 4.98 Å². The number of aromatic nitrogens is 2. The van der Waals surface area contributed by atoms with Gasteiger partial charge in [-0.05, 0) is 24.3 Å². The Balaban J connectivity index is 2.20. The smallest absolute Gasteiger partial charge is 0.421 e. The third kappa shape index (κ3) is 3.43. The lowest BCUT2D eigenvalue weighted by Crippen LogP contribution is -2.32. The number of nitrogens with one attached hydrogen (secondary N) is 1. The first-order valence-corrected chi connectivity index (χ1v) is 5.99. The Labute approximate surface area is 121 Å². The van der Waals surface area contributed by atoms with Crippen molar-refractivity contribution in [3.05, 3.63) is 52.6 Å². The van der Waals surface area contributed by atoms with Crippen LogP contribution in [0.5, 0.6) is 5.75 Å². The highest BCUT2D eigenvalue weighted by Gasteiger charge is 2.34. The number of amides is 1. The summed E-state index contributed by atoms with van der Waals surface area (Å²) in [7, 11) is 0. The van der Waals surface area contributed by atoms with Gasteiger partial charge in [0.05, 0.1) is 0 Å². The Morgan fingerprint density at radius 1 is 1.32 bits per heavy atom. The number of carbonyl (C=O) groups excluding carboxylic acids is 1. The summed E-state index contributed by atoms with van der Waals surface area (Å²) < 4.78 is 38.5. The van der Waals surface area contributed by atoms with E-state index in [4.69, 9.17) is 0 Å². The Morgan fingerprint density at radius 2 is 2.05 bits per heavy atom. The molecule has 0 unspecified atom stereocenters. The van der Waals surface area contributed by atoms with Gasteiger partial charge in [-0.2, -0.15) is 13.2 Å². The van der Waals surface area contributed by atoms with Gasteiger partial charge >= 0.3 is 6.18 Å². The maximum Gasteiger partial charge on any atom is 0.421 e. The third-order valence-electron chi connectivity index (χ3n) is 2.68. The van der Waals surface area contributed by atoms with Crippen LogP contribution in [0, 0.1) is 0 Å². The van der Waals surface area contributed by atoms with Gasteiger partial charge in [0.15, 0.2) is 11.6 Å². The van der Waals surface area contributed by atoms with E-state index in [1.54, 1.807) is 0 Å². The number of carbonyl (C=O) groups is 1. The molecule has 0 fully saturated rings. The molecule has 2 rings (SSSR count). The summed E-state index contributed by atoms with van der Waals surface area (Å²) in [5.74, 6) is -1.24. The van der Waals surface area contributed by atoms with Crippen LogP contribution in [0.25, 0.3) is 0 Å². The molecule has 2 aromatic heterocycles. The zero-order valence-corrected chi connectivity index (χ0v) is 11.0. The van der Waals surface area contributed by atoms with Crippen LogP contribution < -0.4 is 10.9 Å². The molecule has 0 spiro atoms. The van der Waals surface area contributed by atoms with Crippen LogP contribution in [0.15, 0.2) is 41.5 Å². The summed E-state index contributed by atoms with van der Waals surface area (Å²) in [5.41, 5.74) is -2.68. The highest BCUT2D eigenvalue weighted by molar-refractivity contribution is 5.90. The summed E-state index contributed by atoms with van der Waals surface area (Å²) in [6, 6.07) is 4.37. The van der Waals surface area contributed by atoms with Crippen LogP contribution in [0.3, 0.4) is 0 Å². The highest BCUT2D eigenvalue weighted by Crippen LogP contribution is 2.26. The van der Waals surface area contributed by atoms with Crippen molar-refractivity contribution in [2.24, 2.45) is 0 Å². The van der Waals surface area contributed by atoms with E-state index in [0.717, 1.165) is 12.3 Å². The number of aromatic hydroxyl groups is 1. The molecule has 116 valence electrons. The molecule has 2 N–H and O–H groups in total. The zero-order valence-electron chi connectivity index (χ0n) is 11.0. The van der Waals surface area contributed by atoms with Crippen molar-refractivity contribution in [3.8, 4) is 5.75 Å². The fraction of sp³-hybridized carbons (Fsp3) is 0.154. The zero-order chi connectivity index (χ0) is 16.3. The number of anilines is 1. The van der Waals surface area contributed by atoms with Crippen molar-refractivity contribution < 1.29 is 23.1 Å². The number of alkyl halides is 3. The van der Waals surface area contributed by atoms with Crippen molar-refractivity contribution in [1.82, 2.24) is 9.55 Å². The normalized spacial score (nSPS) is 11.2. The summed E-state index contributed by atoms with van der Waals surface area (Å²) in [5, 5.41) is 11.6. The highest BCUT2D eigenvalue weighted by atomic mass is 19.4. The van der Waals surface area contributed by atoms with Gasteiger partial charge in [0.2, 0.25) is 5.91 Å². The quantitative estimate of drug-likeness (QED) is 0.901.